The van der Waals surface area contributed by atoms with Crippen molar-refractivity contribution in [3.8, 4) is 0 Å². The van der Waals surface area contributed by atoms with Crippen LogP contribution in [0, 0.1) is 0 Å². The predicted octanol–water partition coefficient (Wildman–Crippen LogP) is 5.86. The van der Waals surface area contributed by atoms with Gasteiger partial charge in [-0.1, -0.05) is 61.8 Å². The van der Waals surface area contributed by atoms with Crippen LogP contribution in [0.1, 0.15) is 42.0 Å². The van der Waals surface area contributed by atoms with Gasteiger partial charge >= 0.3 is 0 Å². The van der Waals surface area contributed by atoms with Gasteiger partial charge in [0.05, 0.1) is 5.69 Å². The molecule has 3 aromatic rings. The lowest BCUT2D eigenvalue weighted by Gasteiger charge is -2.29. The highest BCUT2D eigenvalue weighted by atomic mass is 35.5. The molecule has 182 valence electrons. The molecule has 0 atom stereocenters. The van der Waals surface area contributed by atoms with Crippen molar-refractivity contribution in [3.63, 3.8) is 0 Å². The zero-order chi connectivity index (χ0) is 25.4. The van der Waals surface area contributed by atoms with Gasteiger partial charge in [0, 0.05) is 23.8 Å². The van der Waals surface area contributed by atoms with E-state index in [2.05, 4.69) is 24.1 Å². The summed E-state index contributed by atoms with van der Waals surface area (Å²) in [5.41, 5.74) is 6.05. The van der Waals surface area contributed by atoms with Crippen LogP contribution in [0.5, 0.6) is 0 Å². The van der Waals surface area contributed by atoms with E-state index in [4.69, 9.17) is 23.8 Å². The van der Waals surface area contributed by atoms with Crippen LogP contribution in [0.2, 0.25) is 5.02 Å². The van der Waals surface area contributed by atoms with Gasteiger partial charge in [0.1, 0.15) is 5.57 Å². The van der Waals surface area contributed by atoms with Gasteiger partial charge in [-0.05, 0) is 83.2 Å². The Labute approximate surface area is 221 Å². The number of carbonyl (C=O) groups excluding carboxylic acids is 2. The van der Waals surface area contributed by atoms with Gasteiger partial charge in [0.15, 0.2) is 5.11 Å². The molecule has 3 aromatic carbocycles. The van der Waals surface area contributed by atoms with Crippen LogP contribution in [0.15, 0.2) is 72.3 Å². The van der Waals surface area contributed by atoms with E-state index in [0.29, 0.717) is 11.6 Å². The summed E-state index contributed by atoms with van der Waals surface area (Å²) in [4.78, 5) is 29.8. The van der Waals surface area contributed by atoms with E-state index in [1.54, 1.807) is 6.08 Å². The molecular formula is C29H26ClN3O2S. The number of hydrogen-bond donors (Lipinski definition) is 1. The maximum Gasteiger partial charge on any atom is 0.270 e. The lowest BCUT2D eigenvalue weighted by Crippen LogP contribution is -2.54. The predicted molar refractivity (Wildman–Crippen MR) is 149 cm³/mol. The second-order valence-corrected chi connectivity index (χ2v) is 10.1. The highest BCUT2D eigenvalue weighted by Crippen LogP contribution is 2.32. The zero-order valence-corrected chi connectivity index (χ0v) is 21.7. The van der Waals surface area contributed by atoms with E-state index in [1.807, 2.05) is 66.7 Å². The molecule has 0 bridgehead atoms. The number of amides is 2. The molecule has 2 amide bonds. The fraction of sp³-hybridized carbons (Fsp3) is 0.207. The molecule has 0 saturated carbocycles. The first-order valence-electron chi connectivity index (χ1n) is 11.9. The summed E-state index contributed by atoms with van der Waals surface area (Å²) in [6, 6.07) is 21.6. The number of thiocarbonyl (C=S) groups is 1. The van der Waals surface area contributed by atoms with E-state index in [0.717, 1.165) is 46.9 Å². The quantitative estimate of drug-likeness (QED) is 0.263. The van der Waals surface area contributed by atoms with Gasteiger partial charge in [0.25, 0.3) is 11.8 Å². The van der Waals surface area contributed by atoms with E-state index >= 15 is 0 Å². The SMILES string of the molecule is CC(C)c1ccc(N2C(=O)C(=Cc3ccc4c(c3)CCN4Cc3ccccc3Cl)C(=O)NC2=S)cc1. The molecule has 36 heavy (non-hydrogen) atoms. The standard InChI is InChI=1S/C29H26ClN3O2S/c1-18(2)20-8-10-23(11-9-20)33-28(35)24(27(34)31-29(33)36)16-19-7-12-26-21(15-19)13-14-32(26)17-22-5-3-4-6-25(22)30/h3-12,15-16,18H,13-14,17H2,1-2H3,(H,31,34,36). The Kier molecular flexibility index (Phi) is 6.65. The van der Waals surface area contributed by atoms with Gasteiger partial charge in [-0.15, -0.1) is 0 Å². The minimum atomic E-state index is -0.485. The van der Waals surface area contributed by atoms with Crippen molar-refractivity contribution < 1.29 is 9.59 Å². The summed E-state index contributed by atoms with van der Waals surface area (Å²) in [5.74, 6) is -0.540. The molecule has 1 saturated heterocycles. The van der Waals surface area contributed by atoms with Crippen molar-refractivity contribution in [3.05, 3.63) is 99.6 Å². The first kappa shape index (κ1) is 24.2. The monoisotopic (exact) mass is 515 g/mol. The molecule has 0 aliphatic carbocycles. The van der Waals surface area contributed by atoms with Crippen molar-refractivity contribution in [1.82, 2.24) is 5.32 Å². The zero-order valence-electron chi connectivity index (χ0n) is 20.1. The number of nitrogens with zero attached hydrogens (tertiary/aromatic N) is 2. The second kappa shape index (κ2) is 9.88. The maximum absolute atomic E-state index is 13.4. The van der Waals surface area contributed by atoms with Crippen LogP contribution in [0.25, 0.3) is 6.08 Å². The molecular weight excluding hydrogens is 490 g/mol. The molecule has 0 aromatic heterocycles. The molecule has 2 aliphatic rings. The van der Waals surface area contributed by atoms with Crippen molar-refractivity contribution in [2.24, 2.45) is 0 Å². The number of fused-ring (bicyclic) bond motifs is 1. The summed E-state index contributed by atoms with van der Waals surface area (Å²) < 4.78 is 0. The van der Waals surface area contributed by atoms with Gasteiger partial charge in [-0.3, -0.25) is 19.8 Å². The summed E-state index contributed by atoms with van der Waals surface area (Å²) in [5, 5.41) is 3.51. The van der Waals surface area contributed by atoms with Crippen LogP contribution < -0.4 is 15.1 Å². The van der Waals surface area contributed by atoms with Crippen LogP contribution in [0.4, 0.5) is 11.4 Å². The van der Waals surface area contributed by atoms with Crippen molar-refractivity contribution in [2.45, 2.75) is 32.7 Å². The number of anilines is 2. The first-order valence-corrected chi connectivity index (χ1v) is 12.7. The number of rotatable bonds is 5. The largest absolute Gasteiger partial charge is 0.367 e. The molecule has 0 unspecified atom stereocenters. The highest BCUT2D eigenvalue weighted by molar-refractivity contribution is 7.80. The van der Waals surface area contributed by atoms with Crippen LogP contribution in [-0.2, 0) is 22.6 Å². The summed E-state index contributed by atoms with van der Waals surface area (Å²) in [6.07, 6.45) is 2.53. The summed E-state index contributed by atoms with van der Waals surface area (Å²) >= 11 is 11.7. The molecule has 1 N–H and O–H groups in total. The van der Waals surface area contributed by atoms with Gasteiger partial charge < -0.3 is 4.90 Å². The van der Waals surface area contributed by atoms with Crippen LogP contribution >= 0.6 is 23.8 Å². The van der Waals surface area contributed by atoms with Gasteiger partial charge in [-0.25, -0.2) is 0 Å². The van der Waals surface area contributed by atoms with Crippen molar-refractivity contribution in [2.75, 3.05) is 16.3 Å². The molecule has 0 radical (unpaired) electrons. The second-order valence-electron chi connectivity index (χ2n) is 9.36. The molecule has 5 nitrogen and oxygen atoms in total. The fourth-order valence-electron chi connectivity index (χ4n) is 4.64. The number of hydrogen-bond acceptors (Lipinski definition) is 4. The molecule has 2 aliphatic heterocycles. The summed E-state index contributed by atoms with van der Waals surface area (Å²) in [7, 11) is 0. The molecule has 5 rings (SSSR count). The van der Waals surface area contributed by atoms with Gasteiger partial charge in [-0.2, -0.15) is 0 Å². The third-order valence-corrected chi connectivity index (χ3v) is 7.30. The Balaban J connectivity index is 1.40. The lowest BCUT2D eigenvalue weighted by atomic mass is 10.0. The Morgan fingerprint density at radius 1 is 1.06 bits per heavy atom. The first-order chi connectivity index (χ1) is 17.3. The van der Waals surface area contributed by atoms with E-state index in [9.17, 15) is 9.59 Å². The number of benzene rings is 3. The fourth-order valence-corrected chi connectivity index (χ4v) is 5.12. The smallest absolute Gasteiger partial charge is 0.270 e. The van der Waals surface area contributed by atoms with E-state index in [1.165, 1.54) is 10.5 Å². The molecule has 2 heterocycles. The van der Waals surface area contributed by atoms with Crippen LogP contribution in [-0.4, -0.2) is 23.5 Å². The van der Waals surface area contributed by atoms with Gasteiger partial charge in [0.2, 0.25) is 0 Å². The average Bonchev–Trinajstić information content (AvgIpc) is 3.25. The molecule has 0 spiro atoms. The maximum atomic E-state index is 13.4. The Hall–Kier alpha value is -3.48. The van der Waals surface area contributed by atoms with Crippen LogP contribution in [0.3, 0.4) is 0 Å². The van der Waals surface area contributed by atoms with Crippen molar-refractivity contribution >= 4 is 58.2 Å². The Morgan fingerprint density at radius 3 is 2.53 bits per heavy atom. The minimum absolute atomic E-state index is 0.0578. The lowest BCUT2D eigenvalue weighted by molar-refractivity contribution is -0.122. The third kappa shape index (κ3) is 4.66. The minimum Gasteiger partial charge on any atom is -0.367 e. The summed E-state index contributed by atoms with van der Waals surface area (Å²) in [6.45, 7) is 5.84. The normalized spacial score (nSPS) is 16.7. The Morgan fingerprint density at radius 2 is 1.81 bits per heavy atom. The molecule has 7 heteroatoms. The van der Waals surface area contributed by atoms with E-state index < -0.39 is 11.8 Å². The number of nitrogens with one attached hydrogen (secondary N) is 1. The third-order valence-electron chi connectivity index (χ3n) is 6.64. The Bertz CT molecular complexity index is 1400. The number of halogens is 1. The average molecular weight is 516 g/mol. The van der Waals surface area contributed by atoms with E-state index in [-0.39, 0.29) is 10.7 Å². The topological polar surface area (TPSA) is 52.7 Å². The van der Waals surface area contributed by atoms with Crippen molar-refractivity contribution in [1.29, 1.82) is 0 Å². The molecule has 1 fully saturated rings. The number of carbonyl (C=O) groups is 2. The highest BCUT2D eigenvalue weighted by Gasteiger charge is 2.34.